The second-order valence-corrected chi connectivity index (χ2v) is 4.81. The molecule has 0 saturated heterocycles. The van der Waals surface area contributed by atoms with E-state index in [9.17, 15) is 0 Å². The number of terminal acetylenes is 1. The van der Waals surface area contributed by atoms with Crippen LogP contribution in [0.25, 0.3) is 10.4 Å². The molecule has 2 rings (SSSR count). The summed E-state index contributed by atoms with van der Waals surface area (Å²) in [7, 11) is 0. The van der Waals surface area contributed by atoms with Crippen molar-refractivity contribution in [3.63, 3.8) is 0 Å². The first-order chi connectivity index (χ1) is 7.81. The number of hydrogen-bond acceptors (Lipinski definition) is 2. The van der Waals surface area contributed by atoms with Crippen molar-refractivity contribution in [2.45, 2.75) is 0 Å². The molecule has 0 bridgehead atoms. The molecule has 3 heteroatoms. The van der Waals surface area contributed by atoms with E-state index in [0.29, 0.717) is 0 Å². The molecule has 1 heterocycles. The summed E-state index contributed by atoms with van der Waals surface area (Å²) in [4.78, 5) is 1.08. The molecule has 0 aliphatic heterocycles. The van der Waals surface area contributed by atoms with Crippen LogP contribution in [0.4, 0.5) is 0 Å². The second kappa shape index (κ2) is 5.07. The average Bonchev–Trinajstić information content (AvgIpc) is 2.73. The molecule has 0 N–H and O–H groups in total. The van der Waals surface area contributed by atoms with Gasteiger partial charge in [0.15, 0.2) is 0 Å². The summed E-state index contributed by atoms with van der Waals surface area (Å²) >= 11 is 7.43. The molecule has 1 aromatic heterocycles. The Morgan fingerprint density at radius 1 is 1.25 bits per heavy atom. The van der Waals surface area contributed by atoms with Crippen molar-refractivity contribution in [2.75, 3.05) is 6.61 Å². The monoisotopic (exact) mass is 248 g/mol. The van der Waals surface area contributed by atoms with Gasteiger partial charge in [0.05, 0.1) is 4.34 Å². The van der Waals surface area contributed by atoms with Crippen LogP contribution in [0.3, 0.4) is 0 Å². The molecule has 0 aliphatic rings. The van der Waals surface area contributed by atoms with E-state index in [2.05, 4.69) is 5.92 Å². The summed E-state index contributed by atoms with van der Waals surface area (Å²) in [5.74, 6) is 3.25. The van der Waals surface area contributed by atoms with Gasteiger partial charge in [0.2, 0.25) is 0 Å². The van der Waals surface area contributed by atoms with Crippen LogP contribution in [0.15, 0.2) is 36.4 Å². The van der Waals surface area contributed by atoms with Gasteiger partial charge in [0.1, 0.15) is 12.4 Å². The van der Waals surface area contributed by atoms with Crippen LogP contribution in [0.5, 0.6) is 5.75 Å². The van der Waals surface area contributed by atoms with E-state index in [4.69, 9.17) is 22.8 Å². The molecular formula is C13H9ClOS. The Labute approximate surface area is 104 Å². The predicted octanol–water partition coefficient (Wildman–Crippen LogP) is 4.08. The fourth-order valence-electron chi connectivity index (χ4n) is 1.37. The first-order valence-electron chi connectivity index (χ1n) is 4.72. The number of benzene rings is 1. The molecular weight excluding hydrogens is 240 g/mol. The lowest BCUT2D eigenvalue weighted by molar-refractivity contribution is 0.372. The highest BCUT2D eigenvalue weighted by Crippen LogP contribution is 2.36. The maximum Gasteiger partial charge on any atom is 0.148 e. The van der Waals surface area contributed by atoms with Gasteiger partial charge < -0.3 is 4.74 Å². The minimum atomic E-state index is 0.274. The molecule has 0 fully saturated rings. The van der Waals surface area contributed by atoms with E-state index in [-0.39, 0.29) is 6.61 Å². The van der Waals surface area contributed by atoms with Crippen molar-refractivity contribution in [1.82, 2.24) is 0 Å². The molecule has 0 unspecified atom stereocenters. The molecule has 0 saturated carbocycles. The van der Waals surface area contributed by atoms with Crippen LogP contribution in [0, 0.1) is 12.3 Å². The number of ether oxygens (including phenoxy) is 1. The zero-order valence-electron chi connectivity index (χ0n) is 8.44. The van der Waals surface area contributed by atoms with E-state index in [1.807, 2.05) is 36.4 Å². The zero-order valence-corrected chi connectivity index (χ0v) is 10.0. The Kier molecular flexibility index (Phi) is 3.51. The molecule has 80 valence electrons. The number of hydrogen-bond donors (Lipinski definition) is 0. The quantitative estimate of drug-likeness (QED) is 0.744. The van der Waals surface area contributed by atoms with Crippen molar-refractivity contribution in [1.29, 1.82) is 0 Å². The first-order valence-corrected chi connectivity index (χ1v) is 5.91. The number of halogens is 1. The fraction of sp³-hybridized carbons (Fsp3) is 0.0769. The fourth-order valence-corrected chi connectivity index (χ4v) is 2.45. The molecule has 2 aromatic rings. The average molecular weight is 249 g/mol. The smallest absolute Gasteiger partial charge is 0.148 e. The van der Waals surface area contributed by atoms with Gasteiger partial charge >= 0.3 is 0 Å². The summed E-state index contributed by atoms with van der Waals surface area (Å²) < 4.78 is 6.24. The van der Waals surface area contributed by atoms with Crippen molar-refractivity contribution < 1.29 is 4.74 Å². The largest absolute Gasteiger partial charge is 0.480 e. The van der Waals surface area contributed by atoms with Crippen LogP contribution in [0.2, 0.25) is 4.34 Å². The Morgan fingerprint density at radius 3 is 2.75 bits per heavy atom. The van der Waals surface area contributed by atoms with Gasteiger partial charge in [-0.2, -0.15) is 0 Å². The number of thiophene rings is 1. The van der Waals surface area contributed by atoms with Crippen molar-refractivity contribution in [2.24, 2.45) is 0 Å². The lowest BCUT2D eigenvalue weighted by atomic mass is 10.1. The van der Waals surface area contributed by atoms with Crippen LogP contribution >= 0.6 is 22.9 Å². The lowest BCUT2D eigenvalue weighted by Crippen LogP contribution is -1.94. The Hall–Kier alpha value is -1.43. The molecule has 0 atom stereocenters. The highest BCUT2D eigenvalue weighted by atomic mass is 35.5. The van der Waals surface area contributed by atoms with Gasteiger partial charge in [-0.25, -0.2) is 0 Å². The molecule has 0 spiro atoms. The second-order valence-electron chi connectivity index (χ2n) is 3.09. The van der Waals surface area contributed by atoms with E-state index >= 15 is 0 Å². The van der Waals surface area contributed by atoms with Crippen molar-refractivity contribution >= 4 is 22.9 Å². The highest BCUT2D eigenvalue weighted by Gasteiger charge is 2.07. The molecule has 1 aromatic carbocycles. The Morgan fingerprint density at radius 2 is 2.06 bits per heavy atom. The van der Waals surface area contributed by atoms with E-state index in [0.717, 1.165) is 20.5 Å². The van der Waals surface area contributed by atoms with Gasteiger partial charge in [-0.05, 0) is 24.3 Å². The predicted molar refractivity (Wildman–Crippen MR) is 69.1 cm³/mol. The third kappa shape index (κ3) is 2.38. The zero-order chi connectivity index (χ0) is 11.4. The van der Waals surface area contributed by atoms with Crippen LogP contribution in [0.1, 0.15) is 0 Å². The van der Waals surface area contributed by atoms with E-state index < -0.39 is 0 Å². The highest BCUT2D eigenvalue weighted by molar-refractivity contribution is 7.19. The van der Waals surface area contributed by atoms with E-state index in [1.54, 1.807) is 0 Å². The maximum atomic E-state index is 5.91. The third-order valence-corrected chi connectivity index (χ3v) is 3.30. The summed E-state index contributed by atoms with van der Waals surface area (Å²) in [5, 5.41) is 0. The van der Waals surface area contributed by atoms with Gasteiger partial charge in [0, 0.05) is 10.4 Å². The van der Waals surface area contributed by atoms with Gasteiger partial charge in [0.25, 0.3) is 0 Å². The van der Waals surface area contributed by atoms with Gasteiger partial charge in [-0.3, -0.25) is 0 Å². The number of rotatable bonds is 3. The standard InChI is InChI=1S/C13H9ClOS/c1-2-9-15-11-6-4-3-5-10(11)12-7-8-13(14)16-12/h1,3-8H,9H2. The van der Waals surface area contributed by atoms with E-state index in [1.165, 1.54) is 11.3 Å². The Bertz CT molecular complexity index is 525. The van der Waals surface area contributed by atoms with Crippen molar-refractivity contribution in [3.8, 4) is 28.5 Å². The van der Waals surface area contributed by atoms with Gasteiger partial charge in [-0.15, -0.1) is 17.8 Å². The minimum Gasteiger partial charge on any atom is -0.480 e. The number of para-hydroxylation sites is 1. The molecule has 0 aliphatic carbocycles. The molecule has 1 nitrogen and oxygen atoms in total. The molecule has 16 heavy (non-hydrogen) atoms. The lowest BCUT2D eigenvalue weighted by Gasteiger charge is -2.07. The first kappa shape index (κ1) is 11.1. The van der Waals surface area contributed by atoms with Crippen LogP contribution in [-0.2, 0) is 0 Å². The topological polar surface area (TPSA) is 9.23 Å². The summed E-state index contributed by atoms with van der Waals surface area (Å²) in [6, 6.07) is 11.6. The molecule has 0 amide bonds. The third-order valence-electron chi connectivity index (χ3n) is 2.04. The van der Waals surface area contributed by atoms with Crippen molar-refractivity contribution in [3.05, 3.63) is 40.7 Å². The van der Waals surface area contributed by atoms with Crippen LogP contribution < -0.4 is 4.74 Å². The maximum absolute atomic E-state index is 5.91. The van der Waals surface area contributed by atoms with Crippen LogP contribution in [-0.4, -0.2) is 6.61 Å². The summed E-state index contributed by atoms with van der Waals surface area (Å²) in [6.07, 6.45) is 5.18. The molecule has 0 radical (unpaired) electrons. The Balaban J connectivity index is 2.37. The summed E-state index contributed by atoms with van der Waals surface area (Å²) in [5.41, 5.74) is 1.02. The minimum absolute atomic E-state index is 0.274. The SMILES string of the molecule is C#CCOc1ccccc1-c1ccc(Cl)s1. The summed E-state index contributed by atoms with van der Waals surface area (Å²) in [6.45, 7) is 0.274. The normalized spacial score (nSPS) is 9.75. The van der Waals surface area contributed by atoms with Gasteiger partial charge in [-0.1, -0.05) is 29.7 Å².